The zero-order valence-electron chi connectivity index (χ0n) is 17.9. The largest absolute Gasteiger partial charge is 0.490 e. The minimum absolute atomic E-state index is 0.293. The lowest BCUT2D eigenvalue weighted by Gasteiger charge is -2.14. The number of rotatable bonds is 8. The summed E-state index contributed by atoms with van der Waals surface area (Å²) in [6.45, 7) is 12.7. The zero-order chi connectivity index (χ0) is 20.9. The summed E-state index contributed by atoms with van der Waals surface area (Å²) < 4.78 is 11.6. The smallest absolute Gasteiger partial charge is 0.166 e. The molecular weight excluding hydrogens is 354 g/mol. The van der Waals surface area contributed by atoms with E-state index < -0.39 is 0 Å². The fourth-order valence-corrected chi connectivity index (χ4v) is 2.40. The average Bonchev–Trinajstić information content (AvgIpc) is 2.70. The zero-order valence-corrected chi connectivity index (χ0v) is 17.9. The van der Waals surface area contributed by atoms with Crippen molar-refractivity contribution in [3.8, 4) is 11.5 Å². The summed E-state index contributed by atoms with van der Waals surface area (Å²) in [7, 11) is 1.51. The Morgan fingerprint density at radius 2 is 1.68 bits per heavy atom. The summed E-state index contributed by atoms with van der Waals surface area (Å²) >= 11 is 0. The van der Waals surface area contributed by atoms with Gasteiger partial charge in [-0.2, -0.15) is 0 Å². The molecule has 0 bridgehead atoms. The minimum atomic E-state index is 0.293. The summed E-state index contributed by atoms with van der Waals surface area (Å²) in [5.74, 6) is 2.26. The Morgan fingerprint density at radius 1 is 1.07 bits per heavy atom. The first kappa shape index (κ1) is 23.1. The predicted molar refractivity (Wildman–Crippen MR) is 113 cm³/mol. The molecule has 152 valence electrons. The van der Waals surface area contributed by atoms with Crippen LogP contribution in [0.25, 0.3) is 0 Å². The summed E-state index contributed by atoms with van der Waals surface area (Å²) in [6.07, 6.45) is 7.35. The average molecular weight is 386 g/mol. The SMILES string of the molecule is C/C=C/COc1cc(C)c(OCc2ncc(C(C)=NOC)cn2)c(C)c1.CC. The van der Waals surface area contributed by atoms with E-state index in [1.165, 1.54) is 7.11 Å². The van der Waals surface area contributed by atoms with Crippen LogP contribution in [0.5, 0.6) is 11.5 Å². The normalized spacial score (nSPS) is 11.0. The van der Waals surface area contributed by atoms with Gasteiger partial charge in [0.2, 0.25) is 0 Å². The van der Waals surface area contributed by atoms with Crippen LogP contribution in [0.4, 0.5) is 0 Å². The van der Waals surface area contributed by atoms with Gasteiger partial charge < -0.3 is 14.3 Å². The molecule has 1 aromatic carbocycles. The summed E-state index contributed by atoms with van der Waals surface area (Å²) in [5, 5.41) is 3.87. The molecule has 6 nitrogen and oxygen atoms in total. The maximum Gasteiger partial charge on any atom is 0.166 e. The topological polar surface area (TPSA) is 65.8 Å². The Balaban J connectivity index is 0.00000190. The van der Waals surface area contributed by atoms with E-state index in [0.29, 0.717) is 19.0 Å². The Labute approximate surface area is 168 Å². The molecule has 0 N–H and O–H groups in total. The van der Waals surface area contributed by atoms with Gasteiger partial charge >= 0.3 is 0 Å². The number of benzene rings is 1. The number of nitrogens with zero attached hydrogens (tertiary/aromatic N) is 3. The highest BCUT2D eigenvalue weighted by Crippen LogP contribution is 2.29. The first-order valence-electron chi connectivity index (χ1n) is 9.42. The van der Waals surface area contributed by atoms with Crippen LogP contribution < -0.4 is 9.47 Å². The second-order valence-electron chi connectivity index (χ2n) is 5.80. The van der Waals surface area contributed by atoms with Crippen LogP contribution in [-0.4, -0.2) is 29.4 Å². The molecule has 0 amide bonds. The number of ether oxygens (including phenoxy) is 2. The van der Waals surface area contributed by atoms with E-state index in [9.17, 15) is 0 Å². The molecule has 0 atom stereocenters. The van der Waals surface area contributed by atoms with Crippen molar-refractivity contribution >= 4 is 5.71 Å². The van der Waals surface area contributed by atoms with Gasteiger partial charge in [0.15, 0.2) is 5.82 Å². The quantitative estimate of drug-likeness (QED) is 0.362. The lowest BCUT2D eigenvalue weighted by atomic mass is 10.1. The molecule has 0 spiro atoms. The number of aryl methyl sites for hydroxylation is 2. The highest BCUT2D eigenvalue weighted by atomic mass is 16.6. The van der Waals surface area contributed by atoms with Crippen LogP contribution >= 0.6 is 0 Å². The van der Waals surface area contributed by atoms with E-state index in [-0.39, 0.29) is 0 Å². The third-order valence-corrected chi connectivity index (χ3v) is 3.71. The third kappa shape index (κ3) is 7.02. The van der Waals surface area contributed by atoms with Crippen molar-refractivity contribution < 1.29 is 14.3 Å². The minimum Gasteiger partial charge on any atom is -0.490 e. The molecule has 2 rings (SSSR count). The third-order valence-electron chi connectivity index (χ3n) is 3.71. The maximum absolute atomic E-state index is 5.93. The van der Waals surface area contributed by atoms with E-state index >= 15 is 0 Å². The van der Waals surface area contributed by atoms with Crippen molar-refractivity contribution in [2.45, 2.75) is 48.1 Å². The summed E-state index contributed by atoms with van der Waals surface area (Å²) in [4.78, 5) is 13.4. The van der Waals surface area contributed by atoms with Crippen molar-refractivity contribution in [1.29, 1.82) is 0 Å². The van der Waals surface area contributed by atoms with Crippen molar-refractivity contribution in [3.05, 3.63) is 59.2 Å². The van der Waals surface area contributed by atoms with E-state index in [0.717, 1.165) is 33.9 Å². The first-order valence-corrected chi connectivity index (χ1v) is 9.42. The van der Waals surface area contributed by atoms with Gasteiger partial charge in [-0.1, -0.05) is 31.2 Å². The predicted octanol–water partition coefficient (Wildman–Crippen LogP) is 5.02. The highest BCUT2D eigenvalue weighted by molar-refractivity contribution is 5.97. The molecule has 0 aliphatic heterocycles. The van der Waals surface area contributed by atoms with Gasteiger partial charge in [-0.25, -0.2) is 9.97 Å². The van der Waals surface area contributed by atoms with Gasteiger partial charge in [0.05, 0.1) is 5.71 Å². The fourth-order valence-electron chi connectivity index (χ4n) is 2.40. The van der Waals surface area contributed by atoms with E-state index in [1.54, 1.807) is 12.4 Å². The Bertz CT molecular complexity index is 761. The van der Waals surface area contributed by atoms with Crippen molar-refractivity contribution in [2.24, 2.45) is 5.16 Å². The molecule has 0 aliphatic carbocycles. The van der Waals surface area contributed by atoms with Gasteiger partial charge in [-0.3, -0.25) is 0 Å². The summed E-state index contributed by atoms with van der Waals surface area (Å²) in [6, 6.07) is 3.95. The number of oxime groups is 1. The first-order chi connectivity index (χ1) is 13.5. The molecule has 0 unspecified atom stereocenters. The standard InChI is InChI=1S/C20H25N3O3.C2H6/c1-6-7-8-25-18-9-14(2)20(15(3)10-18)26-13-19-21-11-17(12-22-19)16(4)23-24-5;1-2/h6-7,9-12H,8,13H2,1-5H3;1-2H3/b7-6+,23-16?;. The molecule has 28 heavy (non-hydrogen) atoms. The van der Waals surface area contributed by atoms with Crippen LogP contribution in [0.2, 0.25) is 0 Å². The lowest BCUT2D eigenvalue weighted by molar-refractivity contribution is 0.213. The van der Waals surface area contributed by atoms with Crippen LogP contribution in [0.15, 0.2) is 41.8 Å². The molecule has 1 aromatic heterocycles. The molecule has 0 fully saturated rings. The molecule has 0 aliphatic rings. The van der Waals surface area contributed by atoms with Gasteiger partial charge in [0, 0.05) is 18.0 Å². The van der Waals surface area contributed by atoms with Crippen molar-refractivity contribution in [1.82, 2.24) is 9.97 Å². The second kappa shape index (κ2) is 12.5. The number of aromatic nitrogens is 2. The molecular formula is C22H31N3O3. The Morgan fingerprint density at radius 3 is 2.21 bits per heavy atom. The van der Waals surface area contributed by atoms with Crippen molar-refractivity contribution in [2.75, 3.05) is 13.7 Å². The van der Waals surface area contributed by atoms with E-state index in [4.69, 9.17) is 14.3 Å². The highest BCUT2D eigenvalue weighted by Gasteiger charge is 2.09. The van der Waals surface area contributed by atoms with E-state index in [1.807, 2.05) is 65.8 Å². The Hall–Kier alpha value is -2.89. The molecule has 6 heteroatoms. The molecule has 1 heterocycles. The number of hydrogen-bond acceptors (Lipinski definition) is 6. The monoisotopic (exact) mass is 385 g/mol. The van der Waals surface area contributed by atoms with Crippen LogP contribution in [0, 0.1) is 13.8 Å². The van der Waals surface area contributed by atoms with E-state index in [2.05, 4.69) is 15.1 Å². The molecule has 0 saturated carbocycles. The number of hydrogen-bond donors (Lipinski definition) is 0. The Kier molecular flexibility index (Phi) is 10.3. The van der Waals surface area contributed by atoms with Gasteiger partial charge in [0.25, 0.3) is 0 Å². The molecule has 0 saturated heterocycles. The van der Waals surface area contributed by atoms with Gasteiger partial charge in [0.1, 0.15) is 31.8 Å². The lowest BCUT2D eigenvalue weighted by Crippen LogP contribution is -2.06. The summed E-state index contributed by atoms with van der Waals surface area (Å²) in [5.41, 5.74) is 3.56. The van der Waals surface area contributed by atoms with Gasteiger partial charge in [-0.15, -0.1) is 0 Å². The van der Waals surface area contributed by atoms with Crippen LogP contribution in [-0.2, 0) is 11.4 Å². The van der Waals surface area contributed by atoms with Gasteiger partial charge in [-0.05, 0) is 51.0 Å². The molecule has 2 aromatic rings. The van der Waals surface area contributed by atoms with Crippen LogP contribution in [0.3, 0.4) is 0 Å². The van der Waals surface area contributed by atoms with Crippen molar-refractivity contribution in [3.63, 3.8) is 0 Å². The molecule has 0 radical (unpaired) electrons. The fraction of sp³-hybridized carbons (Fsp3) is 0.409. The van der Waals surface area contributed by atoms with Crippen LogP contribution in [0.1, 0.15) is 50.2 Å². The second-order valence-corrected chi connectivity index (χ2v) is 5.80. The number of allylic oxidation sites excluding steroid dienone is 1. The maximum atomic E-state index is 5.93.